The van der Waals surface area contributed by atoms with E-state index >= 15 is 9.59 Å². The number of ether oxygens (including phenoxy) is 1. The highest BCUT2D eigenvalue weighted by atomic mass is 35.5. The lowest BCUT2D eigenvalue weighted by molar-refractivity contribution is -0.139. The van der Waals surface area contributed by atoms with Crippen LogP contribution in [0, 0.1) is 23.7 Å². The molecule has 0 bridgehead atoms. The molecular weight excluding hydrogens is 934 g/mol. The van der Waals surface area contributed by atoms with Crippen molar-refractivity contribution in [2.75, 3.05) is 10.3 Å². The van der Waals surface area contributed by atoms with E-state index in [-0.39, 0.29) is 30.8 Å². The van der Waals surface area contributed by atoms with E-state index in [4.69, 9.17) is 32.4 Å². The molecule has 6 atom stereocenters. The molecule has 3 fully saturated rings. The van der Waals surface area contributed by atoms with Crippen molar-refractivity contribution in [1.29, 1.82) is 0 Å². The topological polar surface area (TPSA) is 155 Å². The number of anilines is 2. The number of imide groups is 2. The molecule has 1 saturated carbocycles. The van der Waals surface area contributed by atoms with Crippen molar-refractivity contribution in [3.63, 3.8) is 0 Å². The molecular formula is C52H36Cl2F3N5O7. The average molecular weight is 971 g/mol. The first kappa shape index (κ1) is 44.0. The van der Waals surface area contributed by atoms with Crippen molar-refractivity contribution in [3.05, 3.63) is 178 Å². The van der Waals surface area contributed by atoms with Crippen LogP contribution in [0.1, 0.15) is 41.0 Å². The van der Waals surface area contributed by atoms with Crippen LogP contribution in [-0.4, -0.2) is 43.7 Å². The molecule has 2 saturated heterocycles. The van der Waals surface area contributed by atoms with Crippen LogP contribution in [0.4, 0.5) is 24.7 Å². The van der Waals surface area contributed by atoms with Gasteiger partial charge in [0.1, 0.15) is 23.6 Å². The molecule has 346 valence electrons. The average Bonchev–Trinajstić information content (AvgIpc) is 3.96. The van der Waals surface area contributed by atoms with E-state index in [1.165, 1.54) is 6.07 Å². The van der Waals surface area contributed by atoms with Crippen molar-refractivity contribution >= 4 is 69.4 Å². The van der Waals surface area contributed by atoms with Crippen LogP contribution in [0.25, 0.3) is 22.6 Å². The molecule has 4 amide bonds. The van der Waals surface area contributed by atoms with Crippen molar-refractivity contribution in [2.45, 2.75) is 37.0 Å². The standard InChI is InChI=1S/C52H36Cl2F3N5O7/c53-31-14-12-29(13-15-31)51-38(48(65)62(50(51)67)60-45-39(54)22-30(25-58-45)52(55,56)57)24-37-34(44(51)35-19-18-33(23-41(35)63)68-26-27-6-2-1-3-7-27)20-21-36-43(37)49(66)61(47(36)64)32-16-10-28(11-17-32)46-59-40-8-4-5-9-42(40)69-46/h1-20,22-23,25,36-38,43-44,63H,21,24,26H2,(H,58,60). The van der Waals surface area contributed by atoms with Gasteiger partial charge in [-0.15, -0.1) is 0 Å². The Morgan fingerprint density at radius 2 is 1.58 bits per heavy atom. The number of aromatic nitrogens is 2. The smallest absolute Gasteiger partial charge is 0.417 e. The van der Waals surface area contributed by atoms with Gasteiger partial charge in [-0.2, -0.15) is 18.2 Å². The summed E-state index contributed by atoms with van der Waals surface area (Å²) in [6, 6.07) is 35.0. The Morgan fingerprint density at radius 1 is 0.841 bits per heavy atom. The van der Waals surface area contributed by atoms with E-state index in [9.17, 15) is 27.9 Å². The van der Waals surface area contributed by atoms with E-state index in [1.54, 1.807) is 66.7 Å². The molecule has 0 radical (unpaired) electrons. The quantitative estimate of drug-likeness (QED) is 0.105. The van der Waals surface area contributed by atoms with Crippen LogP contribution in [-0.2, 0) is 37.4 Å². The number of hydrogen-bond acceptors (Lipinski definition) is 10. The van der Waals surface area contributed by atoms with E-state index in [0.29, 0.717) is 67.4 Å². The number of halogens is 5. The molecule has 2 aliphatic heterocycles. The van der Waals surface area contributed by atoms with Gasteiger partial charge in [-0.25, -0.2) is 9.97 Å². The summed E-state index contributed by atoms with van der Waals surface area (Å²) >= 11 is 12.8. The largest absolute Gasteiger partial charge is 0.508 e. The normalized spacial score (nSPS) is 23.2. The Bertz CT molecular complexity index is 3240. The third kappa shape index (κ3) is 7.21. The van der Waals surface area contributed by atoms with Gasteiger partial charge in [0.05, 0.1) is 39.4 Å². The van der Waals surface area contributed by atoms with Crippen LogP contribution in [0.5, 0.6) is 11.5 Å². The molecule has 5 aromatic carbocycles. The number of aromatic hydroxyl groups is 1. The second kappa shape index (κ2) is 16.6. The molecule has 4 heterocycles. The zero-order valence-electron chi connectivity index (χ0n) is 35.9. The number of phenolic OH excluding ortho intramolecular Hbond substituents is 1. The number of rotatable bonds is 9. The zero-order valence-corrected chi connectivity index (χ0v) is 37.4. The summed E-state index contributed by atoms with van der Waals surface area (Å²) in [7, 11) is 0. The second-order valence-electron chi connectivity index (χ2n) is 17.5. The fraction of sp³-hybridized carbons (Fsp3) is 0.192. The minimum atomic E-state index is -4.79. The van der Waals surface area contributed by atoms with Gasteiger partial charge in [0.25, 0.3) is 11.8 Å². The lowest BCUT2D eigenvalue weighted by atomic mass is 9.49. The summed E-state index contributed by atoms with van der Waals surface area (Å²) in [6.45, 7) is 0.177. The predicted octanol–water partition coefficient (Wildman–Crippen LogP) is 10.7. The first-order valence-corrected chi connectivity index (χ1v) is 22.6. The van der Waals surface area contributed by atoms with Gasteiger partial charge >= 0.3 is 6.18 Å². The van der Waals surface area contributed by atoms with Crippen molar-refractivity contribution in [1.82, 2.24) is 15.0 Å². The SMILES string of the molecule is O=C1C2CC3C(=CCC4C(=O)N(c5ccc(-c6nc7ccccc7o6)cc5)C(=O)C43)C(c3ccc(OCc4ccccc4)cc3O)C2(c2ccc(Cl)cc2)C(=O)N1Nc1ncc(C(F)(F)F)cc1Cl. The Balaban J connectivity index is 1.01. The number of pyridine rings is 1. The van der Waals surface area contributed by atoms with Crippen LogP contribution in [0.15, 0.2) is 150 Å². The molecule has 7 aromatic rings. The van der Waals surface area contributed by atoms with E-state index in [0.717, 1.165) is 10.5 Å². The molecule has 4 aliphatic rings. The fourth-order valence-corrected chi connectivity index (χ4v) is 11.1. The summed E-state index contributed by atoms with van der Waals surface area (Å²) in [5.74, 6) is -7.72. The number of nitrogens with one attached hydrogen (secondary N) is 1. The Kier molecular flexibility index (Phi) is 10.6. The summed E-state index contributed by atoms with van der Waals surface area (Å²) in [5.41, 5.74) is 3.77. The zero-order chi connectivity index (χ0) is 47.9. The van der Waals surface area contributed by atoms with E-state index in [1.807, 2.05) is 54.6 Å². The highest BCUT2D eigenvalue weighted by Gasteiger charge is 2.71. The summed E-state index contributed by atoms with van der Waals surface area (Å²) in [4.78, 5) is 69.8. The number of para-hydroxylation sites is 2. The number of alkyl halides is 3. The van der Waals surface area contributed by atoms with Crippen LogP contribution < -0.4 is 15.1 Å². The number of oxazole rings is 1. The van der Waals surface area contributed by atoms with Crippen molar-refractivity contribution in [2.24, 2.45) is 23.7 Å². The third-order valence-corrected chi connectivity index (χ3v) is 14.3. The summed E-state index contributed by atoms with van der Waals surface area (Å²) in [6.07, 6.45) is -2.46. The van der Waals surface area contributed by atoms with Crippen LogP contribution in [0.2, 0.25) is 10.0 Å². The highest BCUT2D eigenvalue weighted by Crippen LogP contribution is 2.65. The van der Waals surface area contributed by atoms with Gasteiger partial charge < -0.3 is 14.3 Å². The molecule has 2 aliphatic carbocycles. The number of fused-ring (bicyclic) bond motifs is 5. The molecule has 69 heavy (non-hydrogen) atoms. The molecule has 12 nitrogen and oxygen atoms in total. The van der Waals surface area contributed by atoms with Gasteiger partial charge in [-0.05, 0) is 90.6 Å². The number of nitrogens with zero attached hydrogens (tertiary/aromatic N) is 4. The number of hydrazine groups is 1. The summed E-state index contributed by atoms with van der Waals surface area (Å²) < 4.78 is 53.0. The van der Waals surface area contributed by atoms with Gasteiger partial charge in [0.2, 0.25) is 17.7 Å². The third-order valence-electron chi connectivity index (χ3n) is 13.8. The molecule has 6 unspecified atom stereocenters. The second-order valence-corrected chi connectivity index (χ2v) is 18.3. The van der Waals surface area contributed by atoms with Gasteiger partial charge in [-0.3, -0.25) is 29.5 Å². The number of phenols is 1. The van der Waals surface area contributed by atoms with Gasteiger partial charge in [0.15, 0.2) is 11.4 Å². The van der Waals surface area contributed by atoms with Gasteiger partial charge in [-0.1, -0.05) is 95.5 Å². The molecule has 11 rings (SSSR count). The highest BCUT2D eigenvalue weighted by molar-refractivity contribution is 6.33. The number of carbonyl (C=O) groups is 4. The van der Waals surface area contributed by atoms with E-state index < -0.39 is 81.2 Å². The lowest BCUT2D eigenvalue weighted by Gasteiger charge is -2.50. The number of allylic oxidation sites excluding steroid dienone is 2. The maximum Gasteiger partial charge on any atom is 0.417 e. The van der Waals surface area contributed by atoms with Crippen LogP contribution >= 0.6 is 23.2 Å². The Labute approximate surface area is 400 Å². The number of carbonyl (C=O) groups excluding carboxylic acids is 4. The number of amides is 4. The lowest BCUT2D eigenvalue weighted by Crippen LogP contribution is -2.53. The van der Waals surface area contributed by atoms with Crippen molar-refractivity contribution in [3.8, 4) is 23.0 Å². The fourth-order valence-electron chi connectivity index (χ4n) is 10.7. The van der Waals surface area contributed by atoms with Gasteiger partial charge in [0, 0.05) is 34.3 Å². The predicted molar refractivity (Wildman–Crippen MR) is 248 cm³/mol. The molecule has 2 N–H and O–H groups in total. The monoisotopic (exact) mass is 969 g/mol. The molecule has 0 spiro atoms. The van der Waals surface area contributed by atoms with Crippen LogP contribution in [0.3, 0.4) is 0 Å². The number of hydrogen-bond donors (Lipinski definition) is 2. The first-order chi connectivity index (χ1) is 33.2. The first-order valence-electron chi connectivity index (χ1n) is 21.9. The Morgan fingerprint density at radius 3 is 2.29 bits per heavy atom. The van der Waals surface area contributed by atoms with E-state index in [2.05, 4.69) is 15.4 Å². The number of benzene rings is 5. The van der Waals surface area contributed by atoms with Crippen molar-refractivity contribution < 1.29 is 46.6 Å². The maximum absolute atomic E-state index is 15.6. The Hall–Kier alpha value is -7.49. The minimum Gasteiger partial charge on any atom is -0.508 e. The maximum atomic E-state index is 15.6. The molecule has 2 aromatic heterocycles. The minimum absolute atomic E-state index is 0.0879. The summed E-state index contributed by atoms with van der Waals surface area (Å²) in [5, 5.41) is 12.6. The molecule has 17 heteroatoms.